The zero-order valence-corrected chi connectivity index (χ0v) is 18.1. The molecule has 0 spiro atoms. The number of Topliss-reactive ketones (excluding diaryl/α,β-unsaturated/α-hetero) is 2. The number of nitrogen functional groups attached to an aromatic ring is 1. The second kappa shape index (κ2) is 7.41. The number of fused-ring (bicyclic) bond motifs is 3. The van der Waals surface area contributed by atoms with E-state index in [1.165, 1.54) is 6.07 Å². The fraction of sp³-hybridized carbons (Fsp3) is 0.320. The van der Waals surface area contributed by atoms with Gasteiger partial charge in [-0.05, 0) is 60.1 Å². The Morgan fingerprint density at radius 1 is 1.09 bits per heavy atom. The third-order valence-corrected chi connectivity index (χ3v) is 7.47. The van der Waals surface area contributed by atoms with E-state index in [0.717, 1.165) is 5.56 Å². The summed E-state index contributed by atoms with van der Waals surface area (Å²) >= 11 is 0. The molecule has 176 valence electrons. The summed E-state index contributed by atoms with van der Waals surface area (Å²) in [5.74, 6) is -7.25. The van der Waals surface area contributed by atoms with Crippen LogP contribution in [0.1, 0.15) is 28.8 Å². The standard InChI is InChI=1S/C25H24N2O7/c26-13-3-1-2-10(7-13)14-4-5-16(28)19-15(14)8-11-6-12-9-17(29)20(24(27)33)23(32)25(12,34)22(31)18(11)21(19)30/h1-5,7,11-12,17,20,28-29,31,34H,6,8-9,26H2,(H2,27,33)/t11-,12+,17?,20?,25+/m1/s1. The molecule has 1 saturated carbocycles. The van der Waals surface area contributed by atoms with Crippen molar-refractivity contribution >= 4 is 23.2 Å². The molecule has 0 radical (unpaired) electrons. The topological polar surface area (TPSA) is 184 Å². The number of allylic oxidation sites excluding steroid dienone is 1. The van der Waals surface area contributed by atoms with Crippen LogP contribution in [-0.4, -0.2) is 49.6 Å². The SMILES string of the molecule is NC(=O)C1C(=O)[C@@]2(O)C(O)=C3C(=O)c4c(O)ccc(-c5cccc(N)c5)c4C[C@H]3C[C@H]2CC1O. The molecule has 1 amide bonds. The molecule has 2 aromatic carbocycles. The highest BCUT2D eigenvalue weighted by atomic mass is 16.3. The molecule has 3 aliphatic carbocycles. The van der Waals surface area contributed by atoms with Crippen LogP contribution in [0.5, 0.6) is 5.75 Å². The van der Waals surface area contributed by atoms with Crippen LogP contribution in [0.3, 0.4) is 0 Å². The van der Waals surface area contributed by atoms with Crippen LogP contribution >= 0.6 is 0 Å². The first-order chi connectivity index (χ1) is 16.1. The molecule has 8 N–H and O–H groups in total. The summed E-state index contributed by atoms with van der Waals surface area (Å²) in [7, 11) is 0. The maximum atomic E-state index is 13.6. The van der Waals surface area contributed by atoms with Gasteiger partial charge in [0.25, 0.3) is 0 Å². The van der Waals surface area contributed by atoms with E-state index in [1.54, 1.807) is 24.3 Å². The Bertz CT molecular complexity index is 1300. The number of aliphatic hydroxyl groups excluding tert-OH is 2. The minimum Gasteiger partial charge on any atom is -0.508 e. The number of hydrogen-bond donors (Lipinski definition) is 6. The van der Waals surface area contributed by atoms with Crippen LogP contribution in [0, 0.1) is 17.8 Å². The van der Waals surface area contributed by atoms with Crippen molar-refractivity contribution in [2.75, 3.05) is 5.73 Å². The highest BCUT2D eigenvalue weighted by molar-refractivity contribution is 6.16. The normalized spacial score (nSPS) is 30.4. The first kappa shape index (κ1) is 22.1. The lowest BCUT2D eigenvalue weighted by molar-refractivity contribution is -0.167. The molecule has 3 aliphatic rings. The van der Waals surface area contributed by atoms with Crippen LogP contribution in [0.15, 0.2) is 47.7 Å². The van der Waals surface area contributed by atoms with E-state index in [9.17, 15) is 34.8 Å². The smallest absolute Gasteiger partial charge is 0.230 e. The molecule has 2 unspecified atom stereocenters. The Morgan fingerprint density at radius 2 is 1.82 bits per heavy atom. The second-order valence-corrected chi connectivity index (χ2v) is 9.35. The lowest BCUT2D eigenvalue weighted by atomic mass is 9.57. The first-order valence-corrected chi connectivity index (χ1v) is 11.0. The first-order valence-electron chi connectivity index (χ1n) is 11.0. The van der Waals surface area contributed by atoms with Crippen molar-refractivity contribution in [3.63, 3.8) is 0 Å². The Labute approximate surface area is 194 Å². The van der Waals surface area contributed by atoms with Crippen molar-refractivity contribution in [2.24, 2.45) is 23.5 Å². The molecule has 1 fully saturated rings. The van der Waals surface area contributed by atoms with Gasteiger partial charge in [0.05, 0.1) is 11.7 Å². The average Bonchev–Trinajstić information content (AvgIpc) is 2.76. The number of aromatic hydroxyl groups is 1. The number of primary amides is 1. The lowest BCUT2D eigenvalue weighted by Crippen LogP contribution is -2.63. The predicted octanol–water partition coefficient (Wildman–Crippen LogP) is 0.995. The number of hydrogen-bond acceptors (Lipinski definition) is 8. The molecule has 0 aliphatic heterocycles. The van der Waals surface area contributed by atoms with Gasteiger partial charge in [0.15, 0.2) is 17.2 Å². The number of carbonyl (C=O) groups is 3. The van der Waals surface area contributed by atoms with Crippen LogP contribution < -0.4 is 11.5 Å². The minimum absolute atomic E-state index is 0.0190. The predicted molar refractivity (Wildman–Crippen MR) is 121 cm³/mol. The van der Waals surface area contributed by atoms with Gasteiger partial charge in [0.1, 0.15) is 17.4 Å². The fourth-order valence-electron chi connectivity index (χ4n) is 5.90. The number of amides is 1. The van der Waals surface area contributed by atoms with Crippen LogP contribution in [0.4, 0.5) is 5.69 Å². The number of ketones is 2. The van der Waals surface area contributed by atoms with E-state index in [2.05, 4.69) is 0 Å². The Morgan fingerprint density at radius 3 is 2.50 bits per heavy atom. The van der Waals surface area contributed by atoms with Gasteiger partial charge >= 0.3 is 0 Å². The number of phenols is 1. The van der Waals surface area contributed by atoms with Gasteiger partial charge in [0, 0.05) is 17.2 Å². The summed E-state index contributed by atoms with van der Waals surface area (Å²) in [5, 5.41) is 43.3. The van der Waals surface area contributed by atoms with Crippen molar-refractivity contribution in [3.05, 3.63) is 58.9 Å². The van der Waals surface area contributed by atoms with E-state index >= 15 is 0 Å². The molecular weight excluding hydrogens is 440 g/mol. The van der Waals surface area contributed by atoms with Crippen LogP contribution in [-0.2, 0) is 16.0 Å². The lowest BCUT2D eigenvalue weighted by Gasteiger charge is -2.48. The van der Waals surface area contributed by atoms with E-state index < -0.39 is 52.7 Å². The number of anilines is 1. The average molecular weight is 464 g/mol. The highest BCUT2D eigenvalue weighted by Crippen LogP contribution is 2.52. The Kier molecular flexibility index (Phi) is 4.82. The monoisotopic (exact) mass is 464 g/mol. The molecule has 2 aromatic rings. The molecule has 9 heteroatoms. The molecule has 0 saturated heterocycles. The molecule has 5 rings (SSSR count). The van der Waals surface area contributed by atoms with Gasteiger partial charge in [-0.25, -0.2) is 0 Å². The van der Waals surface area contributed by atoms with E-state index in [-0.39, 0.29) is 36.1 Å². The maximum absolute atomic E-state index is 13.6. The molecule has 0 bridgehead atoms. The number of nitrogens with two attached hydrogens (primary N) is 2. The number of phenolic OH excluding ortho intramolecular Hbond substituents is 1. The Hall–Kier alpha value is -3.69. The van der Waals surface area contributed by atoms with Crippen molar-refractivity contribution in [1.82, 2.24) is 0 Å². The zero-order valence-electron chi connectivity index (χ0n) is 18.1. The summed E-state index contributed by atoms with van der Waals surface area (Å²) < 4.78 is 0. The summed E-state index contributed by atoms with van der Waals surface area (Å²) in [6.07, 6.45) is -1.19. The number of aliphatic hydroxyl groups is 3. The summed E-state index contributed by atoms with van der Waals surface area (Å²) in [6.45, 7) is 0. The van der Waals surface area contributed by atoms with E-state index in [1.807, 2.05) is 6.07 Å². The fourth-order valence-corrected chi connectivity index (χ4v) is 5.90. The third-order valence-electron chi connectivity index (χ3n) is 7.47. The zero-order chi connectivity index (χ0) is 24.5. The van der Waals surface area contributed by atoms with Gasteiger partial charge in [-0.3, -0.25) is 14.4 Å². The third kappa shape index (κ3) is 2.90. The highest BCUT2D eigenvalue weighted by Gasteiger charge is 2.62. The van der Waals surface area contributed by atoms with Crippen LogP contribution in [0.2, 0.25) is 0 Å². The number of rotatable bonds is 2. The Balaban J connectivity index is 1.68. The van der Waals surface area contributed by atoms with Gasteiger partial charge in [-0.1, -0.05) is 18.2 Å². The van der Waals surface area contributed by atoms with Gasteiger partial charge in [-0.2, -0.15) is 0 Å². The van der Waals surface area contributed by atoms with E-state index in [4.69, 9.17) is 11.5 Å². The molecular formula is C25H24N2O7. The maximum Gasteiger partial charge on any atom is 0.230 e. The molecule has 9 nitrogen and oxygen atoms in total. The van der Waals surface area contributed by atoms with Crippen LogP contribution in [0.25, 0.3) is 11.1 Å². The van der Waals surface area contributed by atoms with Gasteiger partial charge < -0.3 is 31.9 Å². The quantitative estimate of drug-likeness (QED) is 0.281. The molecule has 5 atom stereocenters. The van der Waals surface area contributed by atoms with Crippen molar-refractivity contribution in [2.45, 2.75) is 31.0 Å². The molecule has 0 heterocycles. The summed E-state index contributed by atoms with van der Waals surface area (Å²) in [4.78, 5) is 38.4. The number of benzene rings is 2. The molecule has 0 aromatic heterocycles. The minimum atomic E-state index is -2.51. The number of carbonyl (C=O) groups excluding carboxylic acids is 3. The van der Waals surface area contributed by atoms with Crippen molar-refractivity contribution < 1.29 is 34.8 Å². The van der Waals surface area contributed by atoms with Crippen molar-refractivity contribution in [1.29, 1.82) is 0 Å². The summed E-state index contributed by atoms with van der Waals surface area (Å²) in [5.41, 5.74) is 11.0. The molecule has 34 heavy (non-hydrogen) atoms. The second-order valence-electron chi connectivity index (χ2n) is 9.35. The van der Waals surface area contributed by atoms with Gasteiger partial charge in [-0.15, -0.1) is 0 Å². The van der Waals surface area contributed by atoms with Crippen molar-refractivity contribution in [3.8, 4) is 16.9 Å². The largest absolute Gasteiger partial charge is 0.508 e. The van der Waals surface area contributed by atoms with E-state index in [0.29, 0.717) is 16.8 Å². The van der Waals surface area contributed by atoms with Gasteiger partial charge in [0.2, 0.25) is 5.91 Å². The summed E-state index contributed by atoms with van der Waals surface area (Å²) in [6, 6.07) is 10.1.